The van der Waals surface area contributed by atoms with Crippen LogP contribution < -0.4 is 0 Å². The number of rotatable bonds is 6. The number of hydrogen-bond acceptors (Lipinski definition) is 4. The normalized spacial score (nSPS) is 11.7. The molecule has 1 amide bonds. The summed E-state index contributed by atoms with van der Waals surface area (Å²) in [6, 6.07) is 9.27. The van der Waals surface area contributed by atoms with Gasteiger partial charge in [0.1, 0.15) is 0 Å². The van der Waals surface area contributed by atoms with E-state index in [9.17, 15) is 4.79 Å². The van der Waals surface area contributed by atoms with Crippen molar-refractivity contribution < 1.29 is 9.90 Å². The Bertz CT molecular complexity index is 454. The SMILES string of the molecule is CC(CO)N(C)C(=O)CSCc1ccc(C#N)cc1. The number of thioether (sulfide) groups is 1. The molecule has 4 nitrogen and oxygen atoms in total. The molecule has 102 valence electrons. The highest BCUT2D eigenvalue weighted by Crippen LogP contribution is 2.14. The number of nitrogens with zero attached hydrogens (tertiary/aromatic N) is 2. The molecule has 0 aliphatic heterocycles. The maximum Gasteiger partial charge on any atom is 0.232 e. The zero-order valence-electron chi connectivity index (χ0n) is 11.2. The van der Waals surface area contributed by atoms with Crippen LogP contribution in [-0.2, 0) is 10.5 Å². The van der Waals surface area contributed by atoms with Crippen LogP contribution in [0, 0.1) is 11.3 Å². The Morgan fingerprint density at radius 3 is 2.63 bits per heavy atom. The molecular weight excluding hydrogens is 260 g/mol. The highest BCUT2D eigenvalue weighted by Gasteiger charge is 2.14. The number of aliphatic hydroxyl groups is 1. The fourth-order valence-electron chi connectivity index (χ4n) is 1.40. The molecule has 5 heteroatoms. The van der Waals surface area contributed by atoms with Gasteiger partial charge in [-0.2, -0.15) is 5.26 Å². The fraction of sp³-hybridized carbons (Fsp3) is 0.429. The topological polar surface area (TPSA) is 64.3 Å². The third-order valence-electron chi connectivity index (χ3n) is 2.90. The maximum atomic E-state index is 11.8. The van der Waals surface area contributed by atoms with Gasteiger partial charge >= 0.3 is 0 Å². The molecule has 0 aliphatic carbocycles. The Balaban J connectivity index is 2.37. The molecule has 0 fully saturated rings. The molecule has 0 bridgehead atoms. The van der Waals surface area contributed by atoms with Crippen molar-refractivity contribution in [3.05, 3.63) is 35.4 Å². The maximum absolute atomic E-state index is 11.8. The second-order valence-corrected chi connectivity index (χ2v) is 5.32. The predicted molar refractivity (Wildman–Crippen MR) is 76.6 cm³/mol. The zero-order valence-corrected chi connectivity index (χ0v) is 12.0. The molecule has 1 unspecified atom stereocenters. The Labute approximate surface area is 118 Å². The molecule has 1 rings (SSSR count). The van der Waals surface area contributed by atoms with E-state index >= 15 is 0 Å². The van der Waals surface area contributed by atoms with Crippen molar-refractivity contribution >= 4 is 17.7 Å². The summed E-state index contributed by atoms with van der Waals surface area (Å²) in [5, 5.41) is 17.7. The largest absolute Gasteiger partial charge is 0.394 e. The van der Waals surface area contributed by atoms with Gasteiger partial charge in [0.2, 0.25) is 5.91 Å². The van der Waals surface area contributed by atoms with E-state index in [0.717, 1.165) is 11.3 Å². The molecule has 0 heterocycles. The van der Waals surface area contributed by atoms with E-state index in [1.54, 1.807) is 24.1 Å². The molecule has 0 radical (unpaired) electrons. The highest BCUT2D eigenvalue weighted by atomic mass is 32.2. The first-order valence-corrected chi connectivity index (χ1v) is 7.17. The van der Waals surface area contributed by atoms with Crippen molar-refractivity contribution in [3.63, 3.8) is 0 Å². The summed E-state index contributed by atoms with van der Waals surface area (Å²) in [7, 11) is 1.70. The zero-order chi connectivity index (χ0) is 14.3. The summed E-state index contributed by atoms with van der Waals surface area (Å²) in [4.78, 5) is 13.3. The quantitative estimate of drug-likeness (QED) is 0.859. The van der Waals surface area contributed by atoms with E-state index in [2.05, 4.69) is 6.07 Å². The van der Waals surface area contributed by atoms with Crippen LogP contribution in [0.3, 0.4) is 0 Å². The average Bonchev–Trinajstić information content (AvgIpc) is 2.46. The first kappa shape index (κ1) is 15.5. The molecule has 1 N–H and O–H groups in total. The van der Waals surface area contributed by atoms with E-state index in [0.29, 0.717) is 11.3 Å². The van der Waals surface area contributed by atoms with Crippen molar-refractivity contribution in [1.29, 1.82) is 5.26 Å². The van der Waals surface area contributed by atoms with Gasteiger partial charge in [-0.3, -0.25) is 4.79 Å². The van der Waals surface area contributed by atoms with Crippen molar-refractivity contribution in [1.82, 2.24) is 4.90 Å². The van der Waals surface area contributed by atoms with Gasteiger partial charge in [-0.25, -0.2) is 0 Å². The number of hydrogen-bond donors (Lipinski definition) is 1. The van der Waals surface area contributed by atoms with Crippen molar-refractivity contribution in [2.45, 2.75) is 18.7 Å². The van der Waals surface area contributed by atoms with Crippen LogP contribution in [0.15, 0.2) is 24.3 Å². The molecule has 1 aromatic rings. The van der Waals surface area contributed by atoms with Gasteiger partial charge in [-0.1, -0.05) is 12.1 Å². The Kier molecular flexibility index (Phi) is 6.40. The molecule has 0 aromatic heterocycles. The van der Waals surface area contributed by atoms with Gasteiger partial charge in [0.15, 0.2) is 0 Å². The minimum Gasteiger partial charge on any atom is -0.394 e. The summed E-state index contributed by atoms with van der Waals surface area (Å²) in [6.07, 6.45) is 0. The van der Waals surface area contributed by atoms with E-state index in [1.807, 2.05) is 19.1 Å². The van der Waals surface area contributed by atoms with Crippen LogP contribution in [0.25, 0.3) is 0 Å². The van der Waals surface area contributed by atoms with Gasteiger partial charge in [-0.05, 0) is 24.6 Å². The molecular formula is C14H18N2O2S. The average molecular weight is 278 g/mol. The van der Waals surface area contributed by atoms with Gasteiger partial charge in [-0.15, -0.1) is 11.8 Å². The minimum absolute atomic E-state index is 0.0141. The second kappa shape index (κ2) is 7.82. The fourth-order valence-corrected chi connectivity index (χ4v) is 2.31. The van der Waals surface area contributed by atoms with Gasteiger partial charge < -0.3 is 10.0 Å². The molecule has 19 heavy (non-hydrogen) atoms. The van der Waals surface area contributed by atoms with Crippen LogP contribution in [0.4, 0.5) is 0 Å². The van der Waals surface area contributed by atoms with E-state index in [-0.39, 0.29) is 18.6 Å². The molecule has 0 saturated carbocycles. The standard InChI is InChI=1S/C14H18N2O2S/c1-11(8-17)16(2)14(18)10-19-9-13-5-3-12(7-15)4-6-13/h3-6,11,17H,8-10H2,1-2H3. The van der Waals surface area contributed by atoms with Crippen LogP contribution in [0.2, 0.25) is 0 Å². The summed E-state index contributed by atoms with van der Waals surface area (Å²) in [6.45, 7) is 1.78. The van der Waals surface area contributed by atoms with E-state index in [4.69, 9.17) is 10.4 Å². The molecule has 1 atom stereocenters. The number of nitriles is 1. The first-order valence-electron chi connectivity index (χ1n) is 6.01. The lowest BCUT2D eigenvalue weighted by Crippen LogP contribution is -2.38. The minimum atomic E-state index is -0.150. The van der Waals surface area contributed by atoms with Gasteiger partial charge in [0.25, 0.3) is 0 Å². The Morgan fingerprint density at radius 1 is 1.47 bits per heavy atom. The van der Waals surface area contributed by atoms with E-state index < -0.39 is 0 Å². The number of aliphatic hydroxyl groups excluding tert-OH is 1. The molecule has 0 aliphatic rings. The first-order chi connectivity index (χ1) is 9.08. The van der Waals surface area contributed by atoms with Crippen LogP contribution in [-0.4, -0.2) is 41.4 Å². The third kappa shape index (κ3) is 4.93. The number of carbonyl (C=O) groups excluding carboxylic acids is 1. The van der Waals surface area contributed by atoms with Crippen LogP contribution in [0.1, 0.15) is 18.1 Å². The highest BCUT2D eigenvalue weighted by molar-refractivity contribution is 7.99. The summed E-state index contributed by atoms with van der Waals surface area (Å²) in [5.41, 5.74) is 1.73. The number of carbonyl (C=O) groups is 1. The van der Waals surface area contributed by atoms with Crippen LogP contribution in [0.5, 0.6) is 0 Å². The Hall–Kier alpha value is -1.51. The summed E-state index contributed by atoms with van der Waals surface area (Å²) < 4.78 is 0. The van der Waals surface area contributed by atoms with Gasteiger partial charge in [0, 0.05) is 12.8 Å². The van der Waals surface area contributed by atoms with E-state index in [1.165, 1.54) is 11.8 Å². The predicted octanol–water partition coefficient (Wildman–Crippen LogP) is 1.63. The van der Waals surface area contributed by atoms with Crippen molar-refractivity contribution in [3.8, 4) is 6.07 Å². The second-order valence-electron chi connectivity index (χ2n) is 4.34. The number of likely N-dealkylation sites (N-methyl/N-ethyl adjacent to an activating group) is 1. The summed E-state index contributed by atoms with van der Waals surface area (Å²) in [5.74, 6) is 1.14. The molecule has 1 aromatic carbocycles. The number of benzene rings is 1. The third-order valence-corrected chi connectivity index (χ3v) is 3.88. The molecule has 0 spiro atoms. The lowest BCUT2D eigenvalue weighted by atomic mass is 10.2. The monoisotopic (exact) mass is 278 g/mol. The van der Waals surface area contributed by atoms with Crippen molar-refractivity contribution in [2.75, 3.05) is 19.4 Å². The number of amides is 1. The lowest BCUT2D eigenvalue weighted by Gasteiger charge is -2.22. The van der Waals surface area contributed by atoms with Crippen LogP contribution >= 0.6 is 11.8 Å². The summed E-state index contributed by atoms with van der Waals surface area (Å²) >= 11 is 1.53. The lowest BCUT2D eigenvalue weighted by molar-refractivity contribution is -0.129. The Morgan fingerprint density at radius 2 is 2.11 bits per heavy atom. The van der Waals surface area contributed by atoms with Crippen molar-refractivity contribution in [2.24, 2.45) is 0 Å². The van der Waals surface area contributed by atoms with Gasteiger partial charge in [0.05, 0.1) is 30.0 Å². The smallest absolute Gasteiger partial charge is 0.232 e. The molecule has 0 saturated heterocycles.